The molecule has 0 spiro atoms. The Labute approximate surface area is 214 Å². The minimum atomic E-state index is -3.15. The van der Waals surface area contributed by atoms with E-state index in [4.69, 9.17) is 23.2 Å². The molecule has 2 N–H and O–H groups in total. The minimum absolute atomic E-state index is 0.203. The van der Waals surface area contributed by atoms with Gasteiger partial charge in [-0.1, -0.05) is 29.3 Å². The van der Waals surface area contributed by atoms with E-state index in [0.717, 1.165) is 5.56 Å². The molecule has 4 rings (SSSR count). The van der Waals surface area contributed by atoms with Crippen LogP contribution in [0.5, 0.6) is 0 Å². The molecule has 0 bridgehead atoms. The SMILES string of the molecule is CS(=O)(=O)N1CCN(Cc2ccnc(Nc3cc(NC(=O)c4c(Cl)cccc4Cl)ccn3)c2)CC1. The van der Waals surface area contributed by atoms with Crippen LogP contribution >= 0.6 is 23.2 Å². The summed E-state index contributed by atoms with van der Waals surface area (Å²) in [5.41, 5.74) is 1.76. The number of sulfonamides is 1. The molecule has 1 aromatic carbocycles. The van der Waals surface area contributed by atoms with Gasteiger partial charge in [-0.2, -0.15) is 4.31 Å². The Morgan fingerprint density at radius 3 is 2.26 bits per heavy atom. The average Bonchev–Trinajstić information content (AvgIpc) is 2.79. The fourth-order valence-electron chi connectivity index (χ4n) is 3.73. The molecule has 3 aromatic rings. The van der Waals surface area contributed by atoms with Crippen LogP contribution in [0.15, 0.2) is 54.9 Å². The van der Waals surface area contributed by atoms with Gasteiger partial charge < -0.3 is 10.6 Å². The van der Waals surface area contributed by atoms with Gasteiger partial charge in [-0.05, 0) is 35.9 Å². The second-order valence-corrected chi connectivity index (χ2v) is 10.9. The van der Waals surface area contributed by atoms with Crippen molar-refractivity contribution >= 4 is 56.5 Å². The summed E-state index contributed by atoms with van der Waals surface area (Å²) in [6.07, 6.45) is 4.51. The largest absolute Gasteiger partial charge is 0.325 e. The predicted molar refractivity (Wildman–Crippen MR) is 138 cm³/mol. The first-order chi connectivity index (χ1) is 16.7. The second-order valence-electron chi connectivity index (χ2n) is 8.09. The number of carbonyl (C=O) groups excluding carboxylic acids is 1. The van der Waals surface area contributed by atoms with Crippen molar-refractivity contribution in [2.24, 2.45) is 0 Å². The maximum atomic E-state index is 12.7. The number of piperazine rings is 1. The standard InChI is InChI=1S/C23H24Cl2N6O3S/c1-35(33,34)31-11-9-30(10-12-31)15-16-5-7-26-20(13-16)29-21-14-17(6-8-27-21)28-23(32)22-18(24)3-2-4-19(22)25/h2-8,13-14H,9-12,15H2,1H3,(H2,26,27,28,29,32). The van der Waals surface area contributed by atoms with Crippen LogP contribution in [0.3, 0.4) is 0 Å². The van der Waals surface area contributed by atoms with Gasteiger partial charge in [0.1, 0.15) is 11.6 Å². The number of carbonyl (C=O) groups is 1. The lowest BCUT2D eigenvalue weighted by Gasteiger charge is -2.33. The molecule has 184 valence electrons. The van der Waals surface area contributed by atoms with Crippen LogP contribution in [0.4, 0.5) is 17.3 Å². The van der Waals surface area contributed by atoms with Crippen molar-refractivity contribution in [2.45, 2.75) is 6.54 Å². The fourth-order valence-corrected chi connectivity index (χ4v) is 5.13. The van der Waals surface area contributed by atoms with E-state index in [1.807, 2.05) is 12.1 Å². The van der Waals surface area contributed by atoms with E-state index in [0.29, 0.717) is 50.0 Å². The first-order valence-corrected chi connectivity index (χ1v) is 13.4. The molecule has 0 unspecified atom stereocenters. The highest BCUT2D eigenvalue weighted by molar-refractivity contribution is 7.88. The Morgan fingerprint density at radius 2 is 1.60 bits per heavy atom. The van der Waals surface area contributed by atoms with Crippen LogP contribution in [-0.2, 0) is 16.6 Å². The molecule has 0 atom stereocenters. The number of hydrogen-bond donors (Lipinski definition) is 2. The Bertz CT molecular complexity index is 1310. The Hall–Kier alpha value is -2.76. The van der Waals surface area contributed by atoms with Gasteiger partial charge in [0.15, 0.2) is 0 Å². The third-order valence-electron chi connectivity index (χ3n) is 5.49. The van der Waals surface area contributed by atoms with Gasteiger partial charge in [0.2, 0.25) is 10.0 Å². The molecule has 9 nitrogen and oxygen atoms in total. The summed E-state index contributed by atoms with van der Waals surface area (Å²) < 4.78 is 24.9. The first-order valence-electron chi connectivity index (χ1n) is 10.8. The van der Waals surface area contributed by atoms with E-state index < -0.39 is 15.9 Å². The van der Waals surface area contributed by atoms with Gasteiger partial charge in [0.25, 0.3) is 5.91 Å². The zero-order chi connectivity index (χ0) is 25.0. The third-order valence-corrected chi connectivity index (χ3v) is 7.43. The molecule has 3 heterocycles. The summed E-state index contributed by atoms with van der Waals surface area (Å²) >= 11 is 12.3. The van der Waals surface area contributed by atoms with Crippen LogP contribution in [0, 0.1) is 0 Å². The lowest BCUT2D eigenvalue weighted by molar-refractivity contribution is 0.102. The number of hydrogen-bond acceptors (Lipinski definition) is 7. The third kappa shape index (κ3) is 6.68. The normalized spacial score (nSPS) is 15.1. The number of pyridine rings is 2. The number of rotatable bonds is 7. The van der Waals surface area contributed by atoms with Crippen LogP contribution in [0.2, 0.25) is 10.0 Å². The molecule has 1 aliphatic rings. The number of nitrogens with zero attached hydrogens (tertiary/aromatic N) is 4. The lowest BCUT2D eigenvalue weighted by Crippen LogP contribution is -2.47. The number of halogens is 2. The van der Waals surface area contributed by atoms with Crippen LogP contribution in [0.1, 0.15) is 15.9 Å². The number of amides is 1. The van der Waals surface area contributed by atoms with Crippen molar-refractivity contribution in [3.05, 3.63) is 76.0 Å². The molecule has 12 heteroatoms. The summed E-state index contributed by atoms with van der Waals surface area (Å²) in [5, 5.41) is 6.47. The molecule has 1 saturated heterocycles. The van der Waals surface area contributed by atoms with Crippen molar-refractivity contribution in [1.29, 1.82) is 0 Å². The van der Waals surface area contributed by atoms with E-state index >= 15 is 0 Å². The number of aromatic nitrogens is 2. The topological polar surface area (TPSA) is 108 Å². The molecule has 35 heavy (non-hydrogen) atoms. The molecule has 0 saturated carbocycles. The maximum absolute atomic E-state index is 12.7. The van der Waals surface area contributed by atoms with Gasteiger partial charge in [0.05, 0.1) is 21.9 Å². The molecule has 1 amide bonds. The zero-order valence-electron chi connectivity index (χ0n) is 18.9. The summed E-state index contributed by atoms with van der Waals surface area (Å²) in [4.78, 5) is 23.5. The number of nitrogens with one attached hydrogen (secondary N) is 2. The molecule has 2 aromatic heterocycles. The molecule has 0 radical (unpaired) electrons. The van der Waals surface area contributed by atoms with Crippen molar-refractivity contribution < 1.29 is 13.2 Å². The van der Waals surface area contributed by atoms with E-state index in [1.165, 1.54) is 10.6 Å². The second kappa shape index (κ2) is 10.9. The zero-order valence-corrected chi connectivity index (χ0v) is 21.2. The average molecular weight is 535 g/mol. The monoisotopic (exact) mass is 534 g/mol. The quantitative estimate of drug-likeness (QED) is 0.473. The molecule has 1 fully saturated rings. The van der Waals surface area contributed by atoms with Gasteiger partial charge in [-0.3, -0.25) is 9.69 Å². The summed E-state index contributed by atoms with van der Waals surface area (Å²) in [6, 6.07) is 12.1. The highest BCUT2D eigenvalue weighted by Crippen LogP contribution is 2.26. The van der Waals surface area contributed by atoms with Crippen molar-refractivity contribution in [1.82, 2.24) is 19.2 Å². The predicted octanol–water partition coefficient (Wildman–Crippen LogP) is 3.86. The minimum Gasteiger partial charge on any atom is -0.325 e. The molecular weight excluding hydrogens is 511 g/mol. The van der Waals surface area contributed by atoms with Gasteiger partial charge in [0, 0.05) is 56.9 Å². The van der Waals surface area contributed by atoms with Crippen molar-refractivity contribution in [2.75, 3.05) is 43.1 Å². The van der Waals surface area contributed by atoms with Crippen molar-refractivity contribution in [3.63, 3.8) is 0 Å². The Kier molecular flexibility index (Phi) is 7.88. The smallest absolute Gasteiger partial charge is 0.258 e. The van der Waals surface area contributed by atoms with Gasteiger partial charge in [-0.15, -0.1) is 0 Å². The highest BCUT2D eigenvalue weighted by atomic mass is 35.5. The highest BCUT2D eigenvalue weighted by Gasteiger charge is 2.23. The van der Waals surface area contributed by atoms with Gasteiger partial charge >= 0.3 is 0 Å². The van der Waals surface area contributed by atoms with E-state index in [-0.39, 0.29) is 15.6 Å². The summed E-state index contributed by atoms with van der Waals surface area (Å²) in [7, 11) is -3.15. The van der Waals surface area contributed by atoms with Crippen LogP contribution in [-0.4, -0.2) is 65.9 Å². The van der Waals surface area contributed by atoms with E-state index in [2.05, 4.69) is 25.5 Å². The van der Waals surface area contributed by atoms with E-state index in [9.17, 15) is 13.2 Å². The van der Waals surface area contributed by atoms with E-state index in [1.54, 1.807) is 42.7 Å². The molecule has 1 aliphatic heterocycles. The molecule has 0 aliphatic carbocycles. The number of anilines is 3. The molecular formula is C23H24Cl2N6O3S. The maximum Gasteiger partial charge on any atom is 0.258 e. The van der Waals surface area contributed by atoms with Crippen LogP contribution < -0.4 is 10.6 Å². The van der Waals surface area contributed by atoms with Crippen LogP contribution in [0.25, 0.3) is 0 Å². The number of benzene rings is 1. The Morgan fingerprint density at radius 1 is 0.971 bits per heavy atom. The fraction of sp³-hybridized carbons (Fsp3) is 0.261. The van der Waals surface area contributed by atoms with Crippen molar-refractivity contribution in [3.8, 4) is 0 Å². The summed E-state index contributed by atoms with van der Waals surface area (Å²) in [5.74, 6) is 0.677. The lowest BCUT2D eigenvalue weighted by atomic mass is 10.2. The first kappa shape index (κ1) is 25.3. The summed E-state index contributed by atoms with van der Waals surface area (Å²) in [6.45, 7) is 2.97. The van der Waals surface area contributed by atoms with Gasteiger partial charge in [-0.25, -0.2) is 18.4 Å². The Balaban J connectivity index is 1.39.